The van der Waals surface area contributed by atoms with Gasteiger partial charge in [0.2, 0.25) is 11.8 Å². The highest BCUT2D eigenvalue weighted by atomic mass is 32.1. The van der Waals surface area contributed by atoms with Crippen molar-refractivity contribution in [2.75, 3.05) is 45.1 Å². The predicted octanol–water partition coefficient (Wildman–Crippen LogP) is 0.794. The Balaban J connectivity index is 1.99. The molecule has 0 spiro atoms. The zero-order valence-electron chi connectivity index (χ0n) is 12.1. The number of amides is 2. The number of thiol groups is 1. The minimum Gasteiger partial charge on any atom is -0.381 e. The average molecular weight is 300 g/mol. The molecule has 0 aromatic rings. The van der Waals surface area contributed by atoms with Crippen molar-refractivity contribution in [1.82, 2.24) is 9.80 Å². The van der Waals surface area contributed by atoms with Crippen LogP contribution in [0.3, 0.4) is 0 Å². The van der Waals surface area contributed by atoms with E-state index in [1.807, 2.05) is 6.92 Å². The average Bonchev–Trinajstić information content (AvgIpc) is 2.45. The Labute approximate surface area is 126 Å². The van der Waals surface area contributed by atoms with Gasteiger partial charge in [0.25, 0.3) is 0 Å². The Morgan fingerprint density at radius 1 is 1.15 bits per heavy atom. The first-order valence-electron chi connectivity index (χ1n) is 7.34. The molecule has 0 N–H and O–H groups in total. The zero-order valence-corrected chi connectivity index (χ0v) is 13.0. The molecule has 2 saturated heterocycles. The maximum absolute atomic E-state index is 12.2. The highest BCUT2D eigenvalue weighted by Gasteiger charge is 2.38. The number of hydrogen-bond acceptors (Lipinski definition) is 4. The molecule has 2 fully saturated rings. The van der Waals surface area contributed by atoms with E-state index in [0.717, 1.165) is 38.2 Å². The molecule has 5 nitrogen and oxygen atoms in total. The van der Waals surface area contributed by atoms with E-state index < -0.39 is 0 Å². The number of hydrogen-bond donors (Lipinski definition) is 1. The Morgan fingerprint density at radius 3 is 2.35 bits per heavy atom. The molecule has 0 saturated carbocycles. The van der Waals surface area contributed by atoms with Gasteiger partial charge in [0.05, 0.1) is 13.1 Å². The van der Waals surface area contributed by atoms with E-state index >= 15 is 0 Å². The number of piperazine rings is 1. The monoisotopic (exact) mass is 300 g/mol. The lowest BCUT2D eigenvalue weighted by molar-refractivity contribution is -0.152. The van der Waals surface area contributed by atoms with Crippen LogP contribution < -0.4 is 0 Å². The summed E-state index contributed by atoms with van der Waals surface area (Å²) < 4.78 is 5.40. The van der Waals surface area contributed by atoms with Crippen LogP contribution in [-0.4, -0.2) is 66.8 Å². The quantitative estimate of drug-likeness (QED) is 0.764. The van der Waals surface area contributed by atoms with Crippen molar-refractivity contribution in [3.63, 3.8) is 0 Å². The lowest BCUT2D eigenvalue weighted by Crippen LogP contribution is -2.57. The molecule has 0 bridgehead atoms. The molecule has 2 aliphatic heterocycles. The molecule has 0 atom stereocenters. The van der Waals surface area contributed by atoms with Crippen LogP contribution in [0.2, 0.25) is 0 Å². The largest absolute Gasteiger partial charge is 0.381 e. The lowest BCUT2D eigenvalue weighted by atomic mass is 9.81. The predicted molar refractivity (Wildman–Crippen MR) is 79.8 cm³/mol. The van der Waals surface area contributed by atoms with Crippen LogP contribution in [0.15, 0.2) is 0 Å². The maximum atomic E-state index is 12.2. The number of ether oxygens (including phenoxy) is 1. The summed E-state index contributed by atoms with van der Waals surface area (Å²) in [6, 6.07) is 0. The summed E-state index contributed by atoms with van der Waals surface area (Å²) in [5, 5.41) is 0. The summed E-state index contributed by atoms with van der Waals surface area (Å²) in [5.74, 6) is 0.853. The van der Waals surface area contributed by atoms with Crippen LogP contribution in [-0.2, 0) is 14.3 Å². The molecule has 2 rings (SSSR count). The van der Waals surface area contributed by atoms with Crippen molar-refractivity contribution < 1.29 is 14.3 Å². The van der Waals surface area contributed by atoms with Gasteiger partial charge in [-0.3, -0.25) is 9.59 Å². The van der Waals surface area contributed by atoms with Crippen molar-refractivity contribution in [1.29, 1.82) is 0 Å². The third-order valence-corrected chi connectivity index (χ3v) is 4.94. The fourth-order valence-corrected chi connectivity index (χ4v) is 3.31. The van der Waals surface area contributed by atoms with Gasteiger partial charge < -0.3 is 14.5 Å². The maximum Gasteiger partial charge on any atom is 0.242 e. The van der Waals surface area contributed by atoms with Crippen molar-refractivity contribution in [2.45, 2.75) is 26.2 Å². The van der Waals surface area contributed by atoms with Crippen molar-refractivity contribution >= 4 is 24.4 Å². The first-order chi connectivity index (χ1) is 9.60. The zero-order chi connectivity index (χ0) is 14.6. The van der Waals surface area contributed by atoms with Gasteiger partial charge >= 0.3 is 0 Å². The molecule has 114 valence electrons. The molecule has 2 aliphatic rings. The summed E-state index contributed by atoms with van der Waals surface area (Å²) in [7, 11) is 0. The molecular formula is C14H24N2O3S. The summed E-state index contributed by atoms with van der Waals surface area (Å²) in [6.45, 7) is 5.20. The SMILES string of the molecule is CCCN1CC(=O)N(CC2(CS)CCOCC2)CC1=O. The fourth-order valence-electron chi connectivity index (χ4n) is 2.90. The van der Waals surface area contributed by atoms with Gasteiger partial charge in [0, 0.05) is 31.7 Å². The van der Waals surface area contributed by atoms with Crippen LogP contribution in [0, 0.1) is 5.41 Å². The third-order valence-electron chi connectivity index (χ3n) is 4.27. The molecular weight excluding hydrogens is 276 g/mol. The van der Waals surface area contributed by atoms with Gasteiger partial charge in [-0.25, -0.2) is 0 Å². The second-order valence-corrected chi connectivity index (χ2v) is 6.15. The Kier molecular flexibility index (Phi) is 5.32. The van der Waals surface area contributed by atoms with Gasteiger partial charge in [-0.15, -0.1) is 0 Å². The van der Waals surface area contributed by atoms with Gasteiger partial charge in [-0.1, -0.05) is 6.92 Å². The number of carbonyl (C=O) groups excluding carboxylic acids is 2. The fraction of sp³-hybridized carbons (Fsp3) is 0.857. The van der Waals surface area contributed by atoms with E-state index in [0.29, 0.717) is 13.1 Å². The molecule has 0 unspecified atom stereocenters. The number of nitrogens with zero attached hydrogens (tertiary/aromatic N) is 2. The second-order valence-electron chi connectivity index (χ2n) is 5.84. The van der Waals surface area contributed by atoms with E-state index in [9.17, 15) is 9.59 Å². The number of rotatable bonds is 5. The molecule has 0 aliphatic carbocycles. The Hall–Kier alpha value is -0.750. The van der Waals surface area contributed by atoms with Crippen LogP contribution >= 0.6 is 12.6 Å². The summed E-state index contributed by atoms with van der Waals surface area (Å²) in [5.41, 5.74) is 0.00419. The highest BCUT2D eigenvalue weighted by Crippen LogP contribution is 2.33. The van der Waals surface area contributed by atoms with E-state index in [1.54, 1.807) is 9.80 Å². The molecule has 6 heteroatoms. The Morgan fingerprint density at radius 2 is 1.75 bits per heavy atom. The topological polar surface area (TPSA) is 49.9 Å². The minimum absolute atomic E-state index is 0.00419. The van der Waals surface area contributed by atoms with Crippen molar-refractivity contribution in [3.05, 3.63) is 0 Å². The summed E-state index contributed by atoms with van der Waals surface area (Å²) in [6.07, 6.45) is 2.71. The molecule has 0 aromatic carbocycles. The van der Waals surface area contributed by atoms with Gasteiger partial charge in [-0.05, 0) is 25.0 Å². The van der Waals surface area contributed by atoms with Gasteiger partial charge in [0.1, 0.15) is 0 Å². The van der Waals surface area contributed by atoms with Crippen LogP contribution in [0.4, 0.5) is 0 Å². The smallest absolute Gasteiger partial charge is 0.242 e. The molecule has 2 heterocycles. The summed E-state index contributed by atoms with van der Waals surface area (Å²) in [4.78, 5) is 27.7. The van der Waals surface area contributed by atoms with Crippen LogP contribution in [0.5, 0.6) is 0 Å². The third kappa shape index (κ3) is 3.47. The van der Waals surface area contributed by atoms with E-state index in [4.69, 9.17) is 4.74 Å². The number of carbonyl (C=O) groups is 2. The standard InChI is InChI=1S/C14H24N2O3S/c1-2-5-15-8-13(18)16(9-12(15)17)10-14(11-20)3-6-19-7-4-14/h20H,2-11H2,1H3. The van der Waals surface area contributed by atoms with Crippen LogP contribution in [0.1, 0.15) is 26.2 Å². The van der Waals surface area contributed by atoms with Crippen molar-refractivity contribution in [2.24, 2.45) is 5.41 Å². The van der Waals surface area contributed by atoms with E-state index in [1.165, 1.54) is 0 Å². The summed E-state index contributed by atoms with van der Waals surface area (Å²) >= 11 is 4.46. The molecule has 0 aromatic heterocycles. The second kappa shape index (κ2) is 6.80. The minimum atomic E-state index is 0.00419. The van der Waals surface area contributed by atoms with Gasteiger partial charge in [0.15, 0.2) is 0 Å². The highest BCUT2D eigenvalue weighted by molar-refractivity contribution is 7.80. The van der Waals surface area contributed by atoms with Crippen molar-refractivity contribution in [3.8, 4) is 0 Å². The normalized spacial score (nSPS) is 23.3. The molecule has 0 radical (unpaired) electrons. The first kappa shape index (κ1) is 15.6. The molecule has 2 amide bonds. The molecule has 20 heavy (non-hydrogen) atoms. The van der Waals surface area contributed by atoms with Crippen LogP contribution in [0.25, 0.3) is 0 Å². The first-order valence-corrected chi connectivity index (χ1v) is 7.97. The van der Waals surface area contributed by atoms with E-state index in [-0.39, 0.29) is 30.3 Å². The lowest BCUT2D eigenvalue weighted by Gasteiger charge is -2.42. The Bertz CT molecular complexity index is 369. The van der Waals surface area contributed by atoms with Gasteiger partial charge in [-0.2, -0.15) is 12.6 Å². The van der Waals surface area contributed by atoms with E-state index in [2.05, 4.69) is 12.6 Å².